The van der Waals surface area contributed by atoms with E-state index in [4.69, 9.17) is 14.6 Å². The maximum absolute atomic E-state index is 9.16. The first-order chi connectivity index (χ1) is 7.86. The molecule has 1 aromatic rings. The van der Waals surface area contributed by atoms with E-state index in [-0.39, 0.29) is 12.7 Å². The molecular formula is C10H17N3O3. The first-order valence-electron chi connectivity index (χ1n) is 5.59. The maximum atomic E-state index is 9.16. The summed E-state index contributed by atoms with van der Waals surface area (Å²) in [5.74, 6) is 1.34. The van der Waals surface area contributed by atoms with Crippen LogP contribution in [0.25, 0.3) is 0 Å². The Labute approximate surface area is 94.2 Å². The number of aliphatic hydroxyl groups is 1. The van der Waals surface area contributed by atoms with Gasteiger partial charge in [0, 0.05) is 6.54 Å². The molecule has 6 nitrogen and oxygen atoms in total. The third-order valence-electron chi connectivity index (χ3n) is 2.55. The zero-order valence-electron chi connectivity index (χ0n) is 9.43. The lowest BCUT2D eigenvalue weighted by Gasteiger charge is -2.22. The Morgan fingerprint density at radius 1 is 1.44 bits per heavy atom. The molecule has 90 valence electrons. The van der Waals surface area contributed by atoms with Gasteiger partial charge < -0.3 is 19.1 Å². The first kappa shape index (κ1) is 11.5. The van der Waals surface area contributed by atoms with E-state index in [1.807, 2.05) is 4.57 Å². The summed E-state index contributed by atoms with van der Waals surface area (Å²) in [6, 6.07) is 0. The second-order valence-corrected chi connectivity index (χ2v) is 3.72. The molecule has 1 N–H and O–H groups in total. The van der Waals surface area contributed by atoms with Crippen LogP contribution in [0.3, 0.4) is 0 Å². The van der Waals surface area contributed by atoms with Crippen molar-refractivity contribution in [2.24, 2.45) is 0 Å². The van der Waals surface area contributed by atoms with E-state index in [0.29, 0.717) is 25.6 Å². The van der Waals surface area contributed by atoms with Crippen LogP contribution in [0.4, 0.5) is 0 Å². The number of aliphatic hydroxyl groups excluding tert-OH is 1. The topological polar surface area (TPSA) is 69.4 Å². The van der Waals surface area contributed by atoms with Gasteiger partial charge in [-0.3, -0.25) is 0 Å². The summed E-state index contributed by atoms with van der Waals surface area (Å²) in [4.78, 5) is 0. The predicted molar refractivity (Wildman–Crippen MR) is 55.7 cm³/mol. The van der Waals surface area contributed by atoms with Crippen molar-refractivity contribution in [3.8, 4) is 0 Å². The highest BCUT2D eigenvalue weighted by Gasteiger charge is 2.23. The Morgan fingerprint density at radius 3 is 2.94 bits per heavy atom. The van der Waals surface area contributed by atoms with Crippen LogP contribution >= 0.6 is 0 Å². The molecule has 2 heterocycles. The summed E-state index contributed by atoms with van der Waals surface area (Å²) in [5, 5.41) is 17.2. The molecule has 16 heavy (non-hydrogen) atoms. The number of hydrogen-bond acceptors (Lipinski definition) is 5. The van der Waals surface area contributed by atoms with Crippen molar-refractivity contribution in [1.82, 2.24) is 14.8 Å². The zero-order chi connectivity index (χ0) is 11.4. The van der Waals surface area contributed by atoms with Gasteiger partial charge >= 0.3 is 0 Å². The Hall–Kier alpha value is -0.980. The molecule has 1 saturated heterocycles. The van der Waals surface area contributed by atoms with Crippen LogP contribution in [0.1, 0.15) is 31.1 Å². The molecule has 0 aliphatic carbocycles. The smallest absolute Gasteiger partial charge is 0.164 e. The minimum atomic E-state index is -0.159. The molecule has 1 fully saturated rings. The summed E-state index contributed by atoms with van der Waals surface area (Å²) in [6.45, 7) is 4.48. The monoisotopic (exact) mass is 227 g/mol. The molecule has 1 atom stereocenters. The van der Waals surface area contributed by atoms with Gasteiger partial charge in [-0.2, -0.15) is 0 Å². The lowest BCUT2D eigenvalue weighted by molar-refractivity contribution is -0.0949. The van der Waals surface area contributed by atoms with E-state index in [1.165, 1.54) is 0 Å². The van der Waals surface area contributed by atoms with Gasteiger partial charge in [0.25, 0.3) is 0 Å². The van der Waals surface area contributed by atoms with Crippen LogP contribution < -0.4 is 0 Å². The van der Waals surface area contributed by atoms with Crippen LogP contribution in [-0.2, 0) is 22.6 Å². The fraction of sp³-hybridized carbons (Fsp3) is 0.800. The van der Waals surface area contributed by atoms with E-state index in [0.717, 1.165) is 18.8 Å². The molecule has 1 aliphatic heterocycles. The van der Waals surface area contributed by atoms with Crippen LogP contribution in [0.15, 0.2) is 0 Å². The number of rotatable bonds is 4. The van der Waals surface area contributed by atoms with Gasteiger partial charge in [-0.1, -0.05) is 6.92 Å². The Bertz CT molecular complexity index is 334. The third kappa shape index (κ3) is 2.23. The van der Waals surface area contributed by atoms with Crippen molar-refractivity contribution in [2.75, 3.05) is 19.8 Å². The fourth-order valence-corrected chi connectivity index (χ4v) is 1.81. The molecular weight excluding hydrogens is 210 g/mol. The minimum absolute atomic E-state index is 0.0966. The van der Waals surface area contributed by atoms with Gasteiger partial charge in [0.05, 0.1) is 19.8 Å². The van der Waals surface area contributed by atoms with Gasteiger partial charge in [0.1, 0.15) is 12.7 Å². The fourth-order valence-electron chi connectivity index (χ4n) is 1.81. The predicted octanol–water partition coefficient (Wildman–Crippen LogP) is 0.268. The highest BCUT2D eigenvalue weighted by atomic mass is 16.6. The molecule has 0 saturated carbocycles. The molecule has 1 aromatic heterocycles. The van der Waals surface area contributed by atoms with Crippen LogP contribution in [-0.4, -0.2) is 39.7 Å². The normalized spacial score (nSPS) is 21.2. The SMILES string of the molecule is CCCn1c(CO)nnc1C1COCCO1. The second kappa shape index (κ2) is 5.38. The molecule has 0 bridgehead atoms. The van der Waals surface area contributed by atoms with E-state index in [2.05, 4.69) is 17.1 Å². The Balaban J connectivity index is 2.20. The van der Waals surface area contributed by atoms with E-state index >= 15 is 0 Å². The van der Waals surface area contributed by atoms with Gasteiger partial charge in [-0.25, -0.2) is 0 Å². The first-order valence-corrected chi connectivity index (χ1v) is 5.59. The molecule has 0 aromatic carbocycles. The number of nitrogens with zero attached hydrogens (tertiary/aromatic N) is 3. The van der Waals surface area contributed by atoms with Crippen molar-refractivity contribution in [1.29, 1.82) is 0 Å². The molecule has 2 rings (SSSR count). The Morgan fingerprint density at radius 2 is 2.31 bits per heavy atom. The maximum Gasteiger partial charge on any atom is 0.164 e. The van der Waals surface area contributed by atoms with Crippen molar-refractivity contribution < 1.29 is 14.6 Å². The lowest BCUT2D eigenvalue weighted by Crippen LogP contribution is -2.25. The van der Waals surface area contributed by atoms with Crippen molar-refractivity contribution in [3.05, 3.63) is 11.6 Å². The summed E-state index contributed by atoms with van der Waals surface area (Å²) >= 11 is 0. The van der Waals surface area contributed by atoms with Crippen molar-refractivity contribution in [2.45, 2.75) is 32.6 Å². The quantitative estimate of drug-likeness (QED) is 0.799. The lowest BCUT2D eigenvalue weighted by atomic mass is 10.3. The number of hydrogen-bond donors (Lipinski definition) is 1. The van der Waals surface area contributed by atoms with Crippen LogP contribution in [0.2, 0.25) is 0 Å². The van der Waals surface area contributed by atoms with Crippen LogP contribution in [0.5, 0.6) is 0 Å². The van der Waals surface area contributed by atoms with Gasteiger partial charge in [-0.15, -0.1) is 10.2 Å². The standard InChI is InChI=1S/C10H17N3O3/c1-2-3-13-9(6-14)11-12-10(13)8-7-15-4-5-16-8/h8,14H,2-7H2,1H3. The van der Waals surface area contributed by atoms with E-state index < -0.39 is 0 Å². The molecule has 0 spiro atoms. The van der Waals surface area contributed by atoms with Crippen LogP contribution in [0, 0.1) is 0 Å². The zero-order valence-corrected chi connectivity index (χ0v) is 9.43. The molecule has 1 aliphatic rings. The number of ether oxygens (including phenoxy) is 2. The molecule has 0 amide bonds. The molecule has 1 unspecified atom stereocenters. The van der Waals surface area contributed by atoms with Gasteiger partial charge in [-0.05, 0) is 6.42 Å². The Kier molecular flexibility index (Phi) is 3.87. The third-order valence-corrected chi connectivity index (χ3v) is 2.55. The highest BCUT2D eigenvalue weighted by Crippen LogP contribution is 2.20. The van der Waals surface area contributed by atoms with Gasteiger partial charge in [0.15, 0.2) is 11.6 Å². The minimum Gasteiger partial charge on any atom is -0.388 e. The van der Waals surface area contributed by atoms with E-state index in [1.54, 1.807) is 0 Å². The summed E-state index contributed by atoms with van der Waals surface area (Å²) in [6.07, 6.45) is 0.805. The molecule has 0 radical (unpaired) electrons. The average molecular weight is 227 g/mol. The second-order valence-electron chi connectivity index (χ2n) is 3.72. The summed E-state index contributed by atoms with van der Waals surface area (Å²) < 4.78 is 12.8. The molecule has 6 heteroatoms. The van der Waals surface area contributed by atoms with Crippen molar-refractivity contribution >= 4 is 0 Å². The largest absolute Gasteiger partial charge is 0.388 e. The summed E-state index contributed by atoms with van der Waals surface area (Å²) in [7, 11) is 0. The van der Waals surface area contributed by atoms with Gasteiger partial charge in [0.2, 0.25) is 0 Å². The van der Waals surface area contributed by atoms with Crippen molar-refractivity contribution in [3.63, 3.8) is 0 Å². The number of aromatic nitrogens is 3. The summed E-state index contributed by atoms with van der Waals surface area (Å²) in [5.41, 5.74) is 0. The average Bonchev–Trinajstić information content (AvgIpc) is 2.74. The highest BCUT2D eigenvalue weighted by molar-refractivity contribution is 4.99. The van der Waals surface area contributed by atoms with E-state index in [9.17, 15) is 0 Å².